The summed E-state index contributed by atoms with van der Waals surface area (Å²) >= 11 is 0. The molecule has 0 amide bonds. The normalized spacial score (nSPS) is 10.7. The molecule has 176 valence electrons. The van der Waals surface area contributed by atoms with Crippen LogP contribution in [0.3, 0.4) is 0 Å². The van der Waals surface area contributed by atoms with Gasteiger partial charge in [-0.1, -0.05) is 24.3 Å². The van der Waals surface area contributed by atoms with Crippen molar-refractivity contribution in [1.82, 2.24) is 19.9 Å². The maximum absolute atomic E-state index is 10.9. The van der Waals surface area contributed by atoms with Crippen molar-refractivity contribution in [3.63, 3.8) is 0 Å². The highest BCUT2D eigenvalue weighted by Gasteiger charge is 2.02. The number of aromatic nitrogens is 4. The quantitative estimate of drug-likeness (QED) is 0.260. The predicted octanol–water partition coefficient (Wildman–Crippen LogP) is 6.72. The van der Waals surface area contributed by atoms with Crippen molar-refractivity contribution in [2.75, 3.05) is 0 Å². The Bertz CT molecular complexity index is 1540. The third-order valence-electron chi connectivity index (χ3n) is 5.76. The zero-order chi connectivity index (χ0) is 25.1. The van der Waals surface area contributed by atoms with E-state index in [2.05, 4.69) is 19.9 Å². The van der Waals surface area contributed by atoms with E-state index in [4.69, 9.17) is 0 Å². The van der Waals surface area contributed by atoms with Crippen molar-refractivity contribution in [3.05, 3.63) is 109 Å². The molecule has 4 bridgehead atoms. The van der Waals surface area contributed by atoms with Gasteiger partial charge in [-0.25, -0.2) is 0 Å². The van der Waals surface area contributed by atoms with Crippen LogP contribution in [0, 0.1) is 13.8 Å². The predicted molar refractivity (Wildman–Crippen MR) is 145 cm³/mol. The minimum absolute atomic E-state index is 0.0894. The van der Waals surface area contributed by atoms with Crippen molar-refractivity contribution in [2.24, 2.45) is 0 Å². The average molecular weight is 473 g/mol. The van der Waals surface area contributed by atoms with E-state index in [1.165, 1.54) is 0 Å². The van der Waals surface area contributed by atoms with Crippen LogP contribution in [-0.4, -0.2) is 30.1 Å². The number of benzene rings is 4. The second kappa shape index (κ2) is 9.80. The van der Waals surface area contributed by atoms with Gasteiger partial charge in [0.15, 0.2) is 0 Å². The molecule has 0 aliphatic carbocycles. The van der Waals surface area contributed by atoms with Crippen LogP contribution < -0.4 is 0 Å². The van der Waals surface area contributed by atoms with E-state index in [1.54, 1.807) is 24.8 Å². The Morgan fingerprint density at radius 1 is 0.444 bits per heavy atom. The number of phenolic OH excluding ortho intramolecular Hbond substituents is 2. The Morgan fingerprint density at radius 2 is 0.694 bits per heavy atom. The number of hydrogen-bond acceptors (Lipinski definition) is 6. The molecule has 1 aromatic heterocycles. The lowest BCUT2D eigenvalue weighted by molar-refractivity contribution is 0.486. The number of nitrogens with zero attached hydrogens (tertiary/aromatic N) is 4. The first-order valence-corrected chi connectivity index (χ1v) is 11.5. The van der Waals surface area contributed by atoms with Crippen molar-refractivity contribution < 1.29 is 10.2 Å². The number of aryl methyl sites for hydroxylation is 2. The third kappa shape index (κ3) is 4.83. The summed E-state index contributed by atoms with van der Waals surface area (Å²) in [5.74, 6) is 0.179. The van der Waals surface area contributed by atoms with Gasteiger partial charge in [0.05, 0.1) is 22.1 Å². The monoisotopic (exact) mass is 472 g/mol. The van der Waals surface area contributed by atoms with E-state index in [1.807, 2.05) is 86.6 Å². The number of rotatable bonds is 0. The Kier molecular flexibility index (Phi) is 6.24. The second-order valence-electron chi connectivity index (χ2n) is 8.59. The highest BCUT2D eigenvalue weighted by Crippen LogP contribution is 2.26. The third-order valence-corrected chi connectivity index (χ3v) is 5.76. The molecule has 5 rings (SSSR count). The van der Waals surface area contributed by atoms with Gasteiger partial charge in [0.25, 0.3) is 0 Å². The van der Waals surface area contributed by atoms with Gasteiger partial charge in [0.2, 0.25) is 0 Å². The standard InChI is InChI=1S/C30H24N4O2/c1-19-11-21-15-31-25-7-3-5-9-27(25)33-17-23-13-20(2)14-24(30(23)36)18-34-28-10-6-4-8-26(28)32-16-22(12-19)29(21)35/h3-18,35-36H,1-2H3. The highest BCUT2D eigenvalue weighted by atomic mass is 16.3. The fourth-order valence-corrected chi connectivity index (χ4v) is 3.99. The first-order chi connectivity index (χ1) is 17.5. The summed E-state index contributed by atoms with van der Waals surface area (Å²) in [4.78, 5) is 18.4. The van der Waals surface area contributed by atoms with E-state index in [-0.39, 0.29) is 11.5 Å². The first kappa shape index (κ1) is 22.9. The van der Waals surface area contributed by atoms with Crippen LogP contribution >= 0.6 is 0 Å². The van der Waals surface area contributed by atoms with Gasteiger partial charge >= 0.3 is 0 Å². The van der Waals surface area contributed by atoms with E-state index in [0.717, 1.165) is 11.1 Å². The van der Waals surface area contributed by atoms with Gasteiger partial charge < -0.3 is 10.2 Å². The van der Waals surface area contributed by atoms with Crippen molar-refractivity contribution in [3.8, 4) is 11.5 Å². The highest BCUT2D eigenvalue weighted by molar-refractivity contribution is 5.83. The molecule has 5 aromatic rings. The Morgan fingerprint density at radius 3 is 0.944 bits per heavy atom. The maximum atomic E-state index is 10.9. The van der Waals surface area contributed by atoms with Crippen LogP contribution in [0.15, 0.2) is 97.6 Å². The van der Waals surface area contributed by atoms with E-state index >= 15 is 0 Å². The number of hydrogen-bond donors (Lipinski definition) is 2. The molecular formula is C30H24N4O2. The van der Waals surface area contributed by atoms with Crippen LogP contribution in [0.1, 0.15) is 11.1 Å². The van der Waals surface area contributed by atoms with Gasteiger partial charge in [-0.15, -0.1) is 0 Å². The summed E-state index contributed by atoms with van der Waals surface area (Å²) in [6.45, 7) is 3.91. The minimum atomic E-state index is 0.0894. The van der Waals surface area contributed by atoms with E-state index in [9.17, 15) is 10.2 Å². The summed E-state index contributed by atoms with van der Waals surface area (Å²) in [6.07, 6.45) is 6.49. The van der Waals surface area contributed by atoms with Gasteiger partial charge in [-0.3, -0.25) is 19.9 Å². The fourth-order valence-electron chi connectivity index (χ4n) is 3.99. The lowest BCUT2D eigenvalue weighted by Gasteiger charge is -2.01. The van der Waals surface area contributed by atoms with Gasteiger partial charge in [-0.2, -0.15) is 0 Å². The van der Waals surface area contributed by atoms with E-state index in [0.29, 0.717) is 43.6 Å². The second-order valence-corrected chi connectivity index (χ2v) is 8.59. The zero-order valence-electron chi connectivity index (χ0n) is 19.9. The van der Waals surface area contributed by atoms with Crippen LogP contribution in [-0.2, 0) is 0 Å². The van der Waals surface area contributed by atoms with Crippen LogP contribution in [0.4, 0.5) is 0 Å². The molecule has 36 heavy (non-hydrogen) atoms. The first-order valence-electron chi connectivity index (χ1n) is 11.5. The van der Waals surface area contributed by atoms with Crippen molar-refractivity contribution >= 4 is 43.6 Å². The minimum Gasteiger partial charge on any atom is -0.507 e. The Hall–Kier alpha value is -4.84. The number of phenols is 2. The summed E-state index contributed by atoms with van der Waals surface area (Å²) in [5, 5.41) is 24.2. The van der Waals surface area contributed by atoms with Crippen LogP contribution in [0.25, 0.3) is 43.6 Å². The molecule has 6 nitrogen and oxygen atoms in total. The molecule has 0 atom stereocenters. The van der Waals surface area contributed by atoms with Crippen molar-refractivity contribution in [1.29, 1.82) is 0 Å². The lowest BCUT2D eigenvalue weighted by atomic mass is 10.1. The maximum Gasteiger partial charge on any atom is 0.133 e. The SMILES string of the molecule is Cc1cc2cnc3ccccc3ncc3cc(C)cc(cnc4ccccc4ncc(c1)c2O)c3O. The number of fused-ring (bicyclic) bond motifs is 6. The number of para-hydroxylation sites is 4. The molecule has 0 spiro atoms. The summed E-state index contributed by atoms with van der Waals surface area (Å²) in [6, 6.07) is 22.4. The van der Waals surface area contributed by atoms with Gasteiger partial charge in [-0.05, 0) is 73.5 Å². The smallest absolute Gasteiger partial charge is 0.133 e. The Labute approximate surface area is 207 Å². The Balaban J connectivity index is 1.96. The zero-order valence-corrected chi connectivity index (χ0v) is 19.9. The van der Waals surface area contributed by atoms with Gasteiger partial charge in [0, 0.05) is 46.3 Å². The molecule has 0 radical (unpaired) electrons. The molecule has 2 N–H and O–H groups in total. The van der Waals surface area contributed by atoms with Crippen molar-refractivity contribution in [2.45, 2.75) is 13.8 Å². The molecule has 6 heteroatoms. The molecule has 0 aliphatic rings. The lowest BCUT2D eigenvalue weighted by Crippen LogP contribution is -1.81. The molecule has 0 unspecified atom stereocenters. The van der Waals surface area contributed by atoms with Crippen LogP contribution in [0.5, 0.6) is 11.5 Å². The van der Waals surface area contributed by atoms with Gasteiger partial charge in [0.1, 0.15) is 11.5 Å². The largest absolute Gasteiger partial charge is 0.507 e. The van der Waals surface area contributed by atoms with E-state index < -0.39 is 0 Å². The average Bonchev–Trinajstić information content (AvgIpc) is 2.88. The molecule has 0 fully saturated rings. The summed E-state index contributed by atoms with van der Waals surface area (Å²) in [7, 11) is 0. The summed E-state index contributed by atoms with van der Waals surface area (Å²) < 4.78 is 0. The molecule has 4 aromatic carbocycles. The molecule has 0 saturated carbocycles. The summed E-state index contributed by atoms with van der Waals surface area (Å²) in [5.41, 5.74) is 4.46. The molecule has 1 heterocycles. The number of aromatic hydroxyl groups is 2. The topological polar surface area (TPSA) is 92.0 Å². The molecular weight excluding hydrogens is 448 g/mol. The van der Waals surface area contributed by atoms with Crippen LogP contribution in [0.2, 0.25) is 0 Å². The molecule has 0 aliphatic heterocycles. The molecule has 0 saturated heterocycles. The fraction of sp³-hybridized carbons (Fsp3) is 0.0667.